The molecule has 6 heteroatoms. The summed E-state index contributed by atoms with van der Waals surface area (Å²) in [5.74, 6) is 0. The zero-order valence-electron chi connectivity index (χ0n) is 2.54. The predicted molar refractivity (Wildman–Crippen MR) is 0 cm³/mol. The summed E-state index contributed by atoms with van der Waals surface area (Å²) in [6.45, 7) is 0. The Morgan fingerprint density at radius 2 is 1.00 bits per heavy atom. The fourth-order valence-electron chi connectivity index (χ4n) is 0. The van der Waals surface area contributed by atoms with Crippen molar-refractivity contribution in [2.45, 2.75) is 0 Å². The second kappa shape index (κ2) is 35.6. The van der Waals surface area contributed by atoms with Crippen LogP contribution in [0.15, 0.2) is 0 Å². The fourth-order valence-corrected chi connectivity index (χ4v) is 0. The van der Waals surface area contributed by atoms with Crippen LogP contribution in [0.4, 0.5) is 0 Å². The molecule has 0 saturated heterocycles. The summed E-state index contributed by atoms with van der Waals surface area (Å²) in [5, 5.41) is 0. The first-order chi connectivity index (χ1) is 0. The number of rotatable bonds is 0. The third-order valence-corrected chi connectivity index (χ3v) is 0. The molecule has 0 nitrogen and oxygen atoms in total. The first-order valence-corrected chi connectivity index (χ1v) is 0. The Bertz CT molecular complexity index is 15.5. The smallest absolute Gasteiger partial charge is 0 e. The minimum atomic E-state index is 0. The van der Waals surface area contributed by atoms with Gasteiger partial charge in [-0.05, 0) is 0 Å². The predicted octanol–water partition coefficient (Wildman–Crippen LogP) is -0.0150. The van der Waals surface area contributed by atoms with Gasteiger partial charge in [0.2, 0.25) is 0 Å². The van der Waals surface area contributed by atoms with Gasteiger partial charge in [-0.3, -0.25) is 0 Å². The summed E-state index contributed by atoms with van der Waals surface area (Å²) in [6.07, 6.45) is 0. The molecule has 0 aromatic rings. The monoisotopic (exact) mass is 663 g/mol. The van der Waals surface area contributed by atoms with Crippen molar-refractivity contribution >= 4 is 0 Å². The molecule has 0 heterocycles. The van der Waals surface area contributed by atoms with Gasteiger partial charge in [0.15, 0.2) is 0 Å². The van der Waals surface area contributed by atoms with Gasteiger partial charge >= 0.3 is 0 Å². The Kier molecular flexibility index (Phi) is 296. The summed E-state index contributed by atoms with van der Waals surface area (Å²) in [6, 6.07) is 0. The summed E-state index contributed by atoms with van der Waals surface area (Å²) in [5.41, 5.74) is 0. The normalized spacial score (nSPS) is 0. The molecular formula is CoMoNbTaTiW. The van der Waals surface area contributed by atoms with E-state index in [1.165, 1.54) is 0 Å². The van der Waals surface area contributed by atoms with Gasteiger partial charge in [-0.2, -0.15) is 0 Å². The van der Waals surface area contributed by atoms with Gasteiger partial charge in [0.25, 0.3) is 0 Å². The third kappa shape index (κ3) is 24.3. The quantitative estimate of drug-likeness (QED) is 0.321. The van der Waals surface area contributed by atoms with Crippen LogP contribution in [0, 0.1) is 0 Å². The molecule has 0 fully saturated rings. The average Bonchev–Trinajstić information content (AvgIpc) is 0. The molecule has 0 aliphatic heterocycles. The topological polar surface area (TPSA) is 0 Å². The molecule has 0 aromatic heterocycles. The average molecular weight is 660 g/mol. The second-order valence-corrected chi connectivity index (χ2v) is 0. The maximum absolute atomic E-state index is 0. The zero-order chi connectivity index (χ0) is 0. The van der Waals surface area contributed by atoms with E-state index >= 15 is 0 Å². The second-order valence-electron chi connectivity index (χ2n) is 0. The van der Waals surface area contributed by atoms with E-state index in [1.54, 1.807) is 0 Å². The van der Waals surface area contributed by atoms with Gasteiger partial charge in [0.1, 0.15) is 0 Å². The number of hydrogen-bond acceptors (Lipinski definition) is 0. The summed E-state index contributed by atoms with van der Waals surface area (Å²) >= 11 is 0. The maximum atomic E-state index is 0. The van der Waals surface area contributed by atoms with E-state index in [2.05, 4.69) is 0 Å². The standard InChI is InChI=1S/Co.Mo.Nb.Ta.Ti.W. The van der Waals surface area contributed by atoms with Crippen LogP contribution in [0.5, 0.6) is 0 Å². The van der Waals surface area contributed by atoms with Crippen molar-refractivity contribution in [3.05, 3.63) is 0 Å². The molecule has 35 valence electrons. The van der Waals surface area contributed by atoms with Crippen molar-refractivity contribution in [1.82, 2.24) is 0 Å². The van der Waals surface area contributed by atoms with E-state index in [0.717, 1.165) is 0 Å². The van der Waals surface area contributed by atoms with Crippen molar-refractivity contribution in [3.63, 3.8) is 0 Å². The Morgan fingerprint density at radius 3 is 1.00 bits per heavy atom. The van der Waals surface area contributed by atoms with Crippen LogP contribution in [0.25, 0.3) is 0 Å². The molecule has 0 aromatic carbocycles. The Labute approximate surface area is 123 Å². The van der Waals surface area contributed by atoms with Crippen LogP contribution < -0.4 is 0 Å². The van der Waals surface area contributed by atoms with E-state index in [9.17, 15) is 0 Å². The first-order valence-electron chi connectivity index (χ1n) is 0. The molecule has 3 radical (unpaired) electrons. The molecule has 0 aliphatic carbocycles. The molecule has 0 rings (SSSR count). The molecule has 0 N–H and O–H groups in total. The summed E-state index contributed by atoms with van der Waals surface area (Å²) < 4.78 is 0. The van der Waals surface area contributed by atoms with Crippen molar-refractivity contribution in [2.24, 2.45) is 0 Å². The Balaban J connectivity index is 0. The van der Waals surface area contributed by atoms with E-state index < -0.39 is 0 Å². The van der Waals surface area contributed by atoms with Crippen molar-refractivity contribution in [2.75, 3.05) is 0 Å². The van der Waals surface area contributed by atoms with E-state index in [1.807, 2.05) is 0 Å². The minimum absolute atomic E-state index is 0. The van der Waals surface area contributed by atoms with Gasteiger partial charge in [0, 0.05) is 125 Å². The van der Waals surface area contributed by atoms with Crippen LogP contribution in [0.3, 0.4) is 0 Å². The van der Waals surface area contributed by atoms with Gasteiger partial charge in [0.05, 0.1) is 0 Å². The largest absolute Gasteiger partial charge is 0 e. The van der Waals surface area contributed by atoms with Gasteiger partial charge in [-0.25, -0.2) is 0 Å². The van der Waals surface area contributed by atoms with Gasteiger partial charge < -0.3 is 0 Å². The molecule has 0 amide bonds. The molecule has 0 spiro atoms. The fraction of sp³-hybridized carbons (Fsp3) is 0. The SMILES string of the molecule is [Co].[Mo].[Nb].[Ta].[Ti].[W]. The summed E-state index contributed by atoms with van der Waals surface area (Å²) in [7, 11) is 0. The third-order valence-electron chi connectivity index (χ3n) is 0. The van der Waals surface area contributed by atoms with E-state index in [0.29, 0.717) is 0 Å². The van der Waals surface area contributed by atoms with Gasteiger partial charge in [-0.1, -0.05) is 0 Å². The number of hydrogen-bond donors (Lipinski definition) is 0. The molecule has 0 bridgehead atoms. The van der Waals surface area contributed by atoms with Crippen molar-refractivity contribution in [3.8, 4) is 0 Å². The maximum Gasteiger partial charge on any atom is 0 e. The van der Waals surface area contributed by atoms with Crippen LogP contribution in [0.2, 0.25) is 0 Å². The van der Waals surface area contributed by atoms with Gasteiger partial charge in [-0.15, -0.1) is 0 Å². The molecule has 0 unspecified atom stereocenters. The molecule has 6 heavy (non-hydrogen) atoms. The first kappa shape index (κ1) is 49.9. The van der Waals surface area contributed by atoms with Crippen LogP contribution >= 0.6 is 0 Å². The molecular weight excluding hydrogens is 660 g/mol. The molecule has 0 saturated carbocycles. The molecule has 0 atom stereocenters. The Morgan fingerprint density at radius 1 is 1.00 bits per heavy atom. The van der Waals surface area contributed by atoms with Crippen molar-refractivity contribution < 1.29 is 125 Å². The van der Waals surface area contributed by atoms with Crippen molar-refractivity contribution in [1.29, 1.82) is 0 Å². The molecule has 0 aliphatic rings. The summed E-state index contributed by atoms with van der Waals surface area (Å²) in [4.78, 5) is 0. The van der Waals surface area contributed by atoms with Crippen LogP contribution in [-0.2, 0) is 125 Å². The van der Waals surface area contributed by atoms with Crippen LogP contribution in [-0.4, -0.2) is 0 Å². The van der Waals surface area contributed by atoms with E-state index in [4.69, 9.17) is 0 Å². The zero-order valence-corrected chi connectivity index (χ0v) is 15.5. The van der Waals surface area contributed by atoms with E-state index in [-0.39, 0.29) is 125 Å². The van der Waals surface area contributed by atoms with Crippen LogP contribution in [0.1, 0.15) is 0 Å². The minimum Gasteiger partial charge on any atom is 0 e. The Hall–Kier alpha value is 4.08.